The first-order valence-electron chi connectivity index (χ1n) is 4.09. The molecule has 0 unspecified atom stereocenters. The normalized spacial score (nSPS) is 33.0. The van der Waals surface area contributed by atoms with Crippen molar-refractivity contribution in [2.45, 2.75) is 51.6 Å². The van der Waals surface area contributed by atoms with Crippen molar-refractivity contribution in [3.8, 4) is 0 Å². The largest absolute Gasteiger partial charge is 0.312 e. The quantitative estimate of drug-likeness (QED) is 0.626. The van der Waals surface area contributed by atoms with Crippen molar-refractivity contribution in [1.82, 2.24) is 5.32 Å². The van der Waals surface area contributed by atoms with Crippen molar-refractivity contribution in [3.63, 3.8) is 0 Å². The molecule has 10 heavy (non-hydrogen) atoms. The Bertz CT molecular complexity index is 85.3. The summed E-state index contributed by atoms with van der Waals surface area (Å²) in [4.78, 5) is 0. The number of hydrogen-bond donors (Lipinski definition) is 1. The third-order valence-electron chi connectivity index (χ3n) is 2.20. The Morgan fingerprint density at radius 1 is 1.40 bits per heavy atom. The van der Waals surface area contributed by atoms with E-state index in [2.05, 4.69) is 19.2 Å². The van der Waals surface area contributed by atoms with Gasteiger partial charge in [0.25, 0.3) is 0 Å². The number of halogens is 1. The minimum Gasteiger partial charge on any atom is -0.312 e. The van der Waals surface area contributed by atoms with Crippen LogP contribution in [0.1, 0.15) is 39.5 Å². The van der Waals surface area contributed by atoms with Crippen LogP contribution in [0.15, 0.2) is 0 Å². The van der Waals surface area contributed by atoms with E-state index in [0.717, 1.165) is 12.1 Å². The highest BCUT2D eigenvalue weighted by Crippen LogP contribution is 2.13. The van der Waals surface area contributed by atoms with Crippen LogP contribution in [0.2, 0.25) is 0 Å². The summed E-state index contributed by atoms with van der Waals surface area (Å²) in [7, 11) is 0. The van der Waals surface area contributed by atoms with Crippen LogP contribution in [0.5, 0.6) is 0 Å². The molecule has 62 valence electrons. The Morgan fingerprint density at radius 2 is 2.10 bits per heavy atom. The van der Waals surface area contributed by atoms with Gasteiger partial charge in [0.1, 0.15) is 0 Å². The van der Waals surface area contributed by atoms with E-state index in [1.165, 1.54) is 25.7 Å². The fraction of sp³-hybridized carbons (Fsp3) is 1.00. The molecule has 0 spiro atoms. The average Bonchev–Trinajstić information content (AvgIpc) is 1.88. The average molecular weight is 164 g/mol. The van der Waals surface area contributed by atoms with Gasteiger partial charge in [0.15, 0.2) is 0 Å². The molecule has 1 heterocycles. The molecule has 0 amide bonds. The van der Waals surface area contributed by atoms with Gasteiger partial charge in [-0.1, -0.05) is 13.3 Å². The molecule has 1 aliphatic rings. The summed E-state index contributed by atoms with van der Waals surface area (Å²) < 4.78 is 0. The van der Waals surface area contributed by atoms with Crippen molar-refractivity contribution >= 4 is 12.4 Å². The maximum atomic E-state index is 3.57. The van der Waals surface area contributed by atoms with E-state index in [9.17, 15) is 0 Å². The maximum Gasteiger partial charge on any atom is 0.00669 e. The van der Waals surface area contributed by atoms with Crippen LogP contribution in [-0.4, -0.2) is 12.1 Å². The van der Waals surface area contributed by atoms with E-state index in [-0.39, 0.29) is 12.4 Å². The predicted molar refractivity (Wildman–Crippen MR) is 47.8 cm³/mol. The highest BCUT2D eigenvalue weighted by atomic mass is 35.5. The molecule has 1 saturated heterocycles. The second-order valence-electron chi connectivity index (χ2n) is 3.10. The molecule has 1 aliphatic heterocycles. The molecule has 0 aromatic rings. The lowest BCUT2D eigenvalue weighted by molar-refractivity contribution is 0.329. The second-order valence-corrected chi connectivity index (χ2v) is 3.10. The molecule has 1 N–H and O–H groups in total. The summed E-state index contributed by atoms with van der Waals surface area (Å²) >= 11 is 0. The van der Waals surface area contributed by atoms with Gasteiger partial charge in [-0.15, -0.1) is 12.4 Å². The summed E-state index contributed by atoms with van der Waals surface area (Å²) in [5.41, 5.74) is 0. The number of nitrogens with one attached hydrogen (secondary N) is 1. The third-order valence-corrected chi connectivity index (χ3v) is 2.20. The van der Waals surface area contributed by atoms with Crippen molar-refractivity contribution in [2.24, 2.45) is 0 Å². The summed E-state index contributed by atoms with van der Waals surface area (Å²) in [6, 6.07) is 1.58. The van der Waals surface area contributed by atoms with Crippen LogP contribution < -0.4 is 5.32 Å². The van der Waals surface area contributed by atoms with Crippen LogP contribution in [0, 0.1) is 0 Å². The summed E-state index contributed by atoms with van der Waals surface area (Å²) in [6.45, 7) is 4.54. The van der Waals surface area contributed by atoms with Gasteiger partial charge >= 0.3 is 0 Å². The monoisotopic (exact) mass is 163 g/mol. The molecule has 1 fully saturated rings. The van der Waals surface area contributed by atoms with Gasteiger partial charge in [0.2, 0.25) is 0 Å². The van der Waals surface area contributed by atoms with E-state index in [1.807, 2.05) is 0 Å². The Balaban J connectivity index is 0.000000810. The standard InChI is InChI=1S/C8H17N.ClH/c1-3-8-6-4-5-7(2)9-8;/h7-9H,3-6H2,1-2H3;1H/t7-,8-;/m1./s1. The zero-order chi connectivity index (χ0) is 6.69. The van der Waals surface area contributed by atoms with Crippen LogP contribution in [-0.2, 0) is 0 Å². The molecule has 2 atom stereocenters. The molecule has 0 aromatic heterocycles. The van der Waals surface area contributed by atoms with E-state index in [4.69, 9.17) is 0 Å². The fourth-order valence-electron chi connectivity index (χ4n) is 1.56. The first kappa shape index (κ1) is 10.2. The van der Waals surface area contributed by atoms with E-state index < -0.39 is 0 Å². The fourth-order valence-corrected chi connectivity index (χ4v) is 1.56. The van der Waals surface area contributed by atoms with Crippen LogP contribution >= 0.6 is 12.4 Å². The zero-order valence-corrected chi connectivity index (χ0v) is 7.71. The Kier molecular flexibility index (Phi) is 5.10. The van der Waals surface area contributed by atoms with Gasteiger partial charge in [0, 0.05) is 12.1 Å². The Morgan fingerprint density at radius 3 is 2.50 bits per heavy atom. The molecule has 0 saturated carbocycles. The highest BCUT2D eigenvalue weighted by molar-refractivity contribution is 5.85. The van der Waals surface area contributed by atoms with Gasteiger partial charge in [-0.25, -0.2) is 0 Å². The minimum atomic E-state index is 0. The Hall–Kier alpha value is 0.250. The molecule has 1 rings (SSSR count). The smallest absolute Gasteiger partial charge is 0.00669 e. The van der Waals surface area contributed by atoms with Crippen molar-refractivity contribution < 1.29 is 0 Å². The molecular formula is C8H18ClN. The van der Waals surface area contributed by atoms with Gasteiger partial charge in [-0.2, -0.15) is 0 Å². The summed E-state index contributed by atoms with van der Waals surface area (Å²) in [5, 5.41) is 3.57. The molecule has 0 radical (unpaired) electrons. The first-order valence-corrected chi connectivity index (χ1v) is 4.09. The lowest BCUT2D eigenvalue weighted by Crippen LogP contribution is -2.39. The first-order chi connectivity index (χ1) is 4.33. The number of hydrogen-bond acceptors (Lipinski definition) is 1. The minimum absolute atomic E-state index is 0. The van der Waals surface area contributed by atoms with E-state index >= 15 is 0 Å². The van der Waals surface area contributed by atoms with E-state index in [0.29, 0.717) is 0 Å². The van der Waals surface area contributed by atoms with Crippen LogP contribution in [0.25, 0.3) is 0 Å². The molecule has 2 heteroatoms. The van der Waals surface area contributed by atoms with Gasteiger partial charge in [0.05, 0.1) is 0 Å². The molecule has 1 nitrogen and oxygen atoms in total. The maximum absolute atomic E-state index is 3.57. The van der Waals surface area contributed by atoms with Crippen molar-refractivity contribution in [1.29, 1.82) is 0 Å². The lowest BCUT2D eigenvalue weighted by Gasteiger charge is -2.27. The molecular weight excluding hydrogens is 146 g/mol. The summed E-state index contributed by atoms with van der Waals surface area (Å²) in [5.74, 6) is 0. The topological polar surface area (TPSA) is 12.0 Å². The SMILES string of the molecule is CC[C@@H]1CCC[C@@H](C)N1.Cl. The third kappa shape index (κ3) is 2.89. The van der Waals surface area contributed by atoms with Crippen LogP contribution in [0.3, 0.4) is 0 Å². The van der Waals surface area contributed by atoms with Gasteiger partial charge in [-0.3, -0.25) is 0 Å². The second kappa shape index (κ2) is 4.97. The predicted octanol–water partition coefficient (Wildman–Crippen LogP) is 2.35. The lowest BCUT2D eigenvalue weighted by atomic mass is 9.98. The van der Waals surface area contributed by atoms with Crippen molar-refractivity contribution in [3.05, 3.63) is 0 Å². The number of rotatable bonds is 1. The molecule has 0 aromatic carbocycles. The number of piperidine rings is 1. The molecule has 0 aliphatic carbocycles. The van der Waals surface area contributed by atoms with Crippen molar-refractivity contribution in [2.75, 3.05) is 0 Å². The summed E-state index contributed by atoms with van der Waals surface area (Å²) in [6.07, 6.45) is 5.48. The highest BCUT2D eigenvalue weighted by Gasteiger charge is 2.14. The van der Waals surface area contributed by atoms with Crippen LogP contribution in [0.4, 0.5) is 0 Å². The van der Waals surface area contributed by atoms with Gasteiger partial charge in [-0.05, 0) is 26.2 Å². The molecule has 0 bridgehead atoms. The van der Waals surface area contributed by atoms with E-state index in [1.54, 1.807) is 0 Å². The zero-order valence-electron chi connectivity index (χ0n) is 6.89. The Labute approximate surface area is 70.0 Å². The van der Waals surface area contributed by atoms with Gasteiger partial charge < -0.3 is 5.32 Å².